The van der Waals surface area contributed by atoms with Crippen LogP contribution in [0.15, 0.2) is 28.7 Å². The van der Waals surface area contributed by atoms with Crippen molar-refractivity contribution < 1.29 is 18.7 Å². The average molecular weight is 368 g/mol. The van der Waals surface area contributed by atoms with Gasteiger partial charge in [0.05, 0.1) is 19.3 Å². The molecule has 0 fully saturated rings. The Morgan fingerprint density at radius 2 is 2.11 bits per heavy atom. The number of furan rings is 1. The number of hydrogen-bond donors (Lipinski definition) is 1. The zero-order valence-corrected chi connectivity index (χ0v) is 15.4. The van der Waals surface area contributed by atoms with Crippen LogP contribution in [-0.2, 0) is 13.0 Å². The molecule has 0 bridgehead atoms. The topological polar surface area (TPSA) is 91.7 Å². The Morgan fingerprint density at radius 3 is 2.85 bits per heavy atom. The molecule has 0 saturated carbocycles. The standard InChI is InChI=1S/C19H20N4O4/c1-22(2)19(25)17-13-6-7-23(10-14(13)20-21-17)18(24)16-9-11-8-12(26-3)4-5-15(11)27-16/h4-5,8-9H,6-7,10H2,1-3H3,(H,20,21). The van der Waals surface area contributed by atoms with Gasteiger partial charge in [-0.05, 0) is 30.7 Å². The van der Waals surface area contributed by atoms with Crippen molar-refractivity contribution in [2.24, 2.45) is 0 Å². The number of carbonyl (C=O) groups excluding carboxylic acids is 2. The number of aromatic amines is 1. The van der Waals surface area contributed by atoms with Crippen LogP contribution < -0.4 is 4.74 Å². The molecule has 3 aromatic rings. The maximum absolute atomic E-state index is 12.9. The second kappa shape index (κ2) is 6.46. The molecule has 1 N–H and O–H groups in total. The van der Waals surface area contributed by atoms with Crippen molar-refractivity contribution in [3.63, 3.8) is 0 Å². The molecule has 140 valence electrons. The molecule has 2 amide bonds. The molecule has 1 aromatic carbocycles. The van der Waals surface area contributed by atoms with Gasteiger partial charge < -0.3 is 19.0 Å². The van der Waals surface area contributed by atoms with Crippen LogP contribution in [0, 0.1) is 0 Å². The minimum absolute atomic E-state index is 0.140. The SMILES string of the molecule is COc1ccc2oc(C(=O)N3CCc4c(C(=O)N(C)C)n[nH]c4C3)cc2c1. The van der Waals surface area contributed by atoms with Gasteiger partial charge in [0, 0.05) is 31.6 Å². The van der Waals surface area contributed by atoms with Crippen LogP contribution in [0.3, 0.4) is 0 Å². The van der Waals surface area contributed by atoms with E-state index in [1.54, 1.807) is 44.3 Å². The predicted molar refractivity (Wildman–Crippen MR) is 97.8 cm³/mol. The lowest BCUT2D eigenvalue weighted by molar-refractivity contribution is 0.0702. The predicted octanol–water partition coefficient (Wildman–Crippen LogP) is 2.06. The quantitative estimate of drug-likeness (QED) is 0.764. The van der Waals surface area contributed by atoms with Crippen molar-refractivity contribution in [1.82, 2.24) is 20.0 Å². The number of methoxy groups -OCH3 is 1. The summed E-state index contributed by atoms with van der Waals surface area (Å²) in [6.45, 7) is 0.863. The maximum Gasteiger partial charge on any atom is 0.289 e. The molecule has 0 unspecified atom stereocenters. The number of nitrogens with zero attached hydrogens (tertiary/aromatic N) is 3. The zero-order valence-electron chi connectivity index (χ0n) is 15.4. The first-order valence-electron chi connectivity index (χ1n) is 8.62. The molecule has 4 rings (SSSR count). The number of benzene rings is 1. The maximum atomic E-state index is 12.9. The van der Waals surface area contributed by atoms with E-state index < -0.39 is 0 Å². The van der Waals surface area contributed by atoms with Gasteiger partial charge >= 0.3 is 0 Å². The number of ether oxygens (including phenoxy) is 1. The normalized spacial score (nSPS) is 13.5. The summed E-state index contributed by atoms with van der Waals surface area (Å²) in [5.74, 6) is 0.663. The Morgan fingerprint density at radius 1 is 1.30 bits per heavy atom. The van der Waals surface area contributed by atoms with Gasteiger partial charge in [0.2, 0.25) is 0 Å². The molecule has 0 saturated heterocycles. The molecule has 27 heavy (non-hydrogen) atoms. The Hall–Kier alpha value is -3.29. The van der Waals surface area contributed by atoms with Crippen molar-refractivity contribution in [2.75, 3.05) is 27.7 Å². The molecule has 8 nitrogen and oxygen atoms in total. The molecule has 2 aromatic heterocycles. The summed E-state index contributed by atoms with van der Waals surface area (Å²) < 4.78 is 10.9. The Balaban J connectivity index is 1.57. The molecule has 0 aliphatic carbocycles. The molecule has 0 radical (unpaired) electrons. The highest BCUT2D eigenvalue weighted by molar-refractivity contribution is 5.97. The van der Waals surface area contributed by atoms with E-state index in [4.69, 9.17) is 9.15 Å². The van der Waals surface area contributed by atoms with Gasteiger partial charge in [-0.15, -0.1) is 0 Å². The van der Waals surface area contributed by atoms with Crippen LogP contribution in [0.1, 0.15) is 32.3 Å². The van der Waals surface area contributed by atoms with E-state index in [0.717, 1.165) is 16.6 Å². The lowest BCUT2D eigenvalue weighted by atomic mass is 10.0. The van der Waals surface area contributed by atoms with Gasteiger partial charge in [-0.2, -0.15) is 5.10 Å². The number of rotatable bonds is 3. The van der Waals surface area contributed by atoms with Crippen molar-refractivity contribution >= 4 is 22.8 Å². The Bertz CT molecular complexity index is 1030. The van der Waals surface area contributed by atoms with Gasteiger partial charge in [0.1, 0.15) is 11.3 Å². The fraction of sp³-hybridized carbons (Fsp3) is 0.316. The van der Waals surface area contributed by atoms with Gasteiger partial charge in [-0.3, -0.25) is 14.7 Å². The molecule has 1 aliphatic rings. The third-order valence-electron chi connectivity index (χ3n) is 4.76. The molecule has 1 aliphatic heterocycles. The summed E-state index contributed by atoms with van der Waals surface area (Å²) >= 11 is 0. The van der Waals surface area contributed by atoms with Gasteiger partial charge in [-0.1, -0.05) is 0 Å². The van der Waals surface area contributed by atoms with E-state index >= 15 is 0 Å². The number of H-pyrrole nitrogens is 1. The van der Waals surface area contributed by atoms with Crippen LogP contribution in [0.4, 0.5) is 0 Å². The largest absolute Gasteiger partial charge is 0.497 e. The summed E-state index contributed by atoms with van der Waals surface area (Å²) in [4.78, 5) is 28.3. The number of carbonyl (C=O) groups is 2. The third-order valence-corrected chi connectivity index (χ3v) is 4.76. The summed E-state index contributed by atoms with van der Waals surface area (Å²) in [5, 5.41) is 7.86. The minimum atomic E-state index is -0.189. The second-order valence-corrected chi connectivity index (χ2v) is 6.72. The number of amides is 2. The van der Waals surface area contributed by atoms with Crippen molar-refractivity contribution in [2.45, 2.75) is 13.0 Å². The van der Waals surface area contributed by atoms with Gasteiger partial charge in [0.15, 0.2) is 11.5 Å². The van der Waals surface area contributed by atoms with Crippen LogP contribution >= 0.6 is 0 Å². The van der Waals surface area contributed by atoms with Gasteiger partial charge in [-0.25, -0.2) is 0 Å². The van der Waals surface area contributed by atoms with Crippen LogP contribution in [-0.4, -0.2) is 59.6 Å². The molecule has 0 atom stereocenters. The lowest BCUT2D eigenvalue weighted by Gasteiger charge is -2.26. The average Bonchev–Trinajstić information content (AvgIpc) is 3.29. The van der Waals surface area contributed by atoms with E-state index in [-0.39, 0.29) is 17.6 Å². The first kappa shape index (κ1) is 17.1. The van der Waals surface area contributed by atoms with Crippen LogP contribution in [0.25, 0.3) is 11.0 Å². The van der Waals surface area contributed by atoms with E-state index in [9.17, 15) is 9.59 Å². The number of hydrogen-bond acceptors (Lipinski definition) is 5. The summed E-state index contributed by atoms with van der Waals surface area (Å²) in [7, 11) is 4.98. The second-order valence-electron chi connectivity index (χ2n) is 6.72. The number of aromatic nitrogens is 2. The fourth-order valence-electron chi connectivity index (χ4n) is 3.29. The highest BCUT2D eigenvalue weighted by atomic mass is 16.5. The number of fused-ring (bicyclic) bond motifs is 2. The van der Waals surface area contributed by atoms with E-state index in [2.05, 4.69) is 10.2 Å². The fourth-order valence-corrected chi connectivity index (χ4v) is 3.29. The molecular weight excluding hydrogens is 348 g/mol. The first-order valence-corrected chi connectivity index (χ1v) is 8.62. The zero-order chi connectivity index (χ0) is 19.1. The number of nitrogens with one attached hydrogen (secondary N) is 1. The molecule has 0 spiro atoms. The Kier molecular flexibility index (Phi) is 4.10. The van der Waals surface area contributed by atoms with Crippen molar-refractivity contribution in [3.05, 3.63) is 47.0 Å². The summed E-state index contributed by atoms with van der Waals surface area (Å²) in [6, 6.07) is 7.13. The lowest BCUT2D eigenvalue weighted by Crippen LogP contribution is -2.36. The van der Waals surface area contributed by atoms with Crippen molar-refractivity contribution in [1.29, 1.82) is 0 Å². The van der Waals surface area contributed by atoms with Gasteiger partial charge in [0.25, 0.3) is 11.8 Å². The molecule has 3 heterocycles. The van der Waals surface area contributed by atoms with E-state index in [0.29, 0.717) is 36.5 Å². The summed E-state index contributed by atoms with van der Waals surface area (Å²) in [5.41, 5.74) is 2.74. The smallest absolute Gasteiger partial charge is 0.289 e. The monoisotopic (exact) mass is 368 g/mol. The first-order chi connectivity index (χ1) is 13.0. The van der Waals surface area contributed by atoms with Crippen LogP contribution in [0.5, 0.6) is 5.75 Å². The highest BCUT2D eigenvalue weighted by Crippen LogP contribution is 2.27. The molecular formula is C19H20N4O4. The molecule has 8 heteroatoms. The highest BCUT2D eigenvalue weighted by Gasteiger charge is 2.29. The van der Waals surface area contributed by atoms with E-state index in [1.807, 2.05) is 6.07 Å². The third kappa shape index (κ3) is 2.92. The van der Waals surface area contributed by atoms with Crippen LogP contribution in [0.2, 0.25) is 0 Å². The minimum Gasteiger partial charge on any atom is -0.497 e. The summed E-state index contributed by atoms with van der Waals surface area (Å²) in [6.07, 6.45) is 0.570. The van der Waals surface area contributed by atoms with Crippen molar-refractivity contribution in [3.8, 4) is 5.75 Å². The van der Waals surface area contributed by atoms with E-state index in [1.165, 1.54) is 4.90 Å². The Labute approximate surface area is 155 Å².